The zero-order valence-electron chi connectivity index (χ0n) is 10.2. The van der Waals surface area contributed by atoms with Crippen LogP contribution in [0.25, 0.3) is 10.8 Å². The van der Waals surface area contributed by atoms with Crippen LogP contribution in [0.3, 0.4) is 0 Å². The van der Waals surface area contributed by atoms with Crippen molar-refractivity contribution in [2.45, 2.75) is 19.8 Å². The van der Waals surface area contributed by atoms with Crippen molar-refractivity contribution < 1.29 is 0 Å². The molecule has 4 nitrogen and oxygen atoms in total. The lowest BCUT2D eigenvalue weighted by Gasteiger charge is -2.03. The molecule has 0 atom stereocenters. The molecule has 1 aliphatic rings. The van der Waals surface area contributed by atoms with Gasteiger partial charge >= 0.3 is 0 Å². The number of hydrazone groups is 1. The van der Waals surface area contributed by atoms with E-state index in [2.05, 4.69) is 33.7 Å². The third-order valence-electron chi connectivity index (χ3n) is 3.06. The van der Waals surface area contributed by atoms with Gasteiger partial charge in [0.25, 0.3) is 0 Å². The van der Waals surface area contributed by atoms with Crippen LogP contribution in [0.4, 0.5) is 5.82 Å². The Morgan fingerprint density at radius 2 is 2.11 bits per heavy atom. The summed E-state index contributed by atoms with van der Waals surface area (Å²) in [5.41, 5.74) is 5.47. The first-order valence-electron chi connectivity index (χ1n) is 6.03. The highest BCUT2D eigenvalue weighted by Crippen LogP contribution is 2.20. The number of rotatable bonds is 2. The molecular weight excluding hydrogens is 224 g/mol. The SMILES string of the molecule is CC1=CC(=NNc2nncc3ccccc23)CC1. The fourth-order valence-electron chi connectivity index (χ4n) is 2.08. The Hall–Kier alpha value is -2.23. The van der Waals surface area contributed by atoms with E-state index in [1.54, 1.807) is 6.20 Å². The van der Waals surface area contributed by atoms with Crippen molar-refractivity contribution in [3.63, 3.8) is 0 Å². The van der Waals surface area contributed by atoms with E-state index in [0.29, 0.717) is 5.82 Å². The van der Waals surface area contributed by atoms with Gasteiger partial charge < -0.3 is 0 Å². The summed E-state index contributed by atoms with van der Waals surface area (Å²) in [4.78, 5) is 0. The van der Waals surface area contributed by atoms with Gasteiger partial charge in [-0.15, -0.1) is 5.10 Å². The second kappa shape index (κ2) is 4.56. The highest BCUT2D eigenvalue weighted by molar-refractivity contribution is 5.99. The zero-order valence-corrected chi connectivity index (χ0v) is 10.2. The summed E-state index contributed by atoms with van der Waals surface area (Å²) in [6.45, 7) is 2.13. The van der Waals surface area contributed by atoms with Crippen LogP contribution in [-0.2, 0) is 0 Å². The number of aromatic nitrogens is 2. The number of hydrogen-bond donors (Lipinski definition) is 1. The van der Waals surface area contributed by atoms with E-state index < -0.39 is 0 Å². The molecule has 4 heteroatoms. The van der Waals surface area contributed by atoms with Gasteiger partial charge in [-0.05, 0) is 25.8 Å². The second-order valence-corrected chi connectivity index (χ2v) is 4.49. The Morgan fingerprint density at radius 1 is 1.22 bits per heavy atom. The van der Waals surface area contributed by atoms with Crippen LogP contribution in [0.15, 0.2) is 47.2 Å². The molecular formula is C14H14N4. The van der Waals surface area contributed by atoms with Crippen LogP contribution in [0.5, 0.6) is 0 Å². The molecule has 1 heterocycles. The molecule has 1 N–H and O–H groups in total. The van der Waals surface area contributed by atoms with Crippen molar-refractivity contribution in [2.75, 3.05) is 5.43 Å². The smallest absolute Gasteiger partial charge is 0.176 e. The van der Waals surface area contributed by atoms with E-state index in [4.69, 9.17) is 0 Å². The van der Waals surface area contributed by atoms with Gasteiger partial charge in [-0.25, -0.2) is 0 Å². The number of anilines is 1. The molecule has 0 saturated heterocycles. The Morgan fingerprint density at radius 3 is 2.94 bits per heavy atom. The minimum Gasteiger partial charge on any atom is -0.259 e. The summed E-state index contributed by atoms with van der Waals surface area (Å²) in [5, 5.41) is 14.6. The first-order valence-corrected chi connectivity index (χ1v) is 6.03. The van der Waals surface area contributed by atoms with Gasteiger partial charge in [-0.1, -0.05) is 29.8 Å². The molecule has 90 valence electrons. The number of benzene rings is 1. The molecule has 0 unspecified atom stereocenters. The topological polar surface area (TPSA) is 50.2 Å². The summed E-state index contributed by atoms with van der Waals surface area (Å²) in [6, 6.07) is 8.01. The molecule has 3 rings (SSSR count). The first kappa shape index (κ1) is 10.9. The lowest BCUT2D eigenvalue weighted by atomic mass is 10.2. The Kier molecular flexibility index (Phi) is 2.76. The summed E-state index contributed by atoms with van der Waals surface area (Å²) in [5.74, 6) is 0.707. The summed E-state index contributed by atoms with van der Waals surface area (Å²) in [7, 11) is 0. The van der Waals surface area contributed by atoms with E-state index in [1.807, 2.05) is 24.3 Å². The standard InChI is InChI=1S/C14H14N4/c1-10-6-7-12(8-10)16-18-14-13-5-3-2-4-11(13)9-15-17-14/h2-5,8-9H,6-7H2,1H3,(H,17,18). The van der Waals surface area contributed by atoms with Crippen LogP contribution in [0, 0.1) is 0 Å². The van der Waals surface area contributed by atoms with E-state index >= 15 is 0 Å². The van der Waals surface area contributed by atoms with Gasteiger partial charge in [0.2, 0.25) is 0 Å². The van der Waals surface area contributed by atoms with Crippen molar-refractivity contribution >= 4 is 22.3 Å². The van der Waals surface area contributed by atoms with Crippen molar-refractivity contribution in [1.82, 2.24) is 10.2 Å². The van der Waals surface area contributed by atoms with Crippen LogP contribution in [0.1, 0.15) is 19.8 Å². The molecule has 18 heavy (non-hydrogen) atoms. The van der Waals surface area contributed by atoms with Crippen molar-refractivity contribution in [3.05, 3.63) is 42.1 Å². The maximum absolute atomic E-state index is 4.38. The molecule has 1 aliphatic carbocycles. The summed E-state index contributed by atoms with van der Waals surface area (Å²) < 4.78 is 0. The molecule has 2 aromatic rings. The Labute approximate surface area is 105 Å². The second-order valence-electron chi connectivity index (χ2n) is 4.49. The van der Waals surface area contributed by atoms with Crippen LogP contribution >= 0.6 is 0 Å². The van der Waals surface area contributed by atoms with Crippen molar-refractivity contribution in [1.29, 1.82) is 0 Å². The molecule has 0 fully saturated rings. The lowest BCUT2D eigenvalue weighted by molar-refractivity contribution is 1.03. The van der Waals surface area contributed by atoms with Gasteiger partial charge in [0, 0.05) is 10.8 Å². The normalized spacial score (nSPS) is 17.2. The predicted molar refractivity (Wildman–Crippen MR) is 73.6 cm³/mol. The molecule has 0 aliphatic heterocycles. The van der Waals surface area contributed by atoms with E-state index in [0.717, 1.165) is 29.3 Å². The number of nitrogens with zero attached hydrogens (tertiary/aromatic N) is 3. The summed E-state index contributed by atoms with van der Waals surface area (Å²) in [6.07, 6.45) is 5.97. The molecule has 0 spiro atoms. The monoisotopic (exact) mass is 238 g/mol. The number of nitrogens with one attached hydrogen (secondary N) is 1. The van der Waals surface area contributed by atoms with Crippen molar-refractivity contribution in [2.24, 2.45) is 5.10 Å². The van der Waals surface area contributed by atoms with E-state index in [-0.39, 0.29) is 0 Å². The maximum Gasteiger partial charge on any atom is 0.176 e. The minimum absolute atomic E-state index is 0.707. The van der Waals surface area contributed by atoms with Gasteiger partial charge in [-0.3, -0.25) is 5.43 Å². The van der Waals surface area contributed by atoms with E-state index in [1.165, 1.54) is 5.57 Å². The average Bonchev–Trinajstić information content (AvgIpc) is 2.82. The third kappa shape index (κ3) is 2.09. The largest absolute Gasteiger partial charge is 0.259 e. The molecule has 0 radical (unpaired) electrons. The minimum atomic E-state index is 0.707. The van der Waals surface area contributed by atoms with Gasteiger partial charge in [-0.2, -0.15) is 10.2 Å². The van der Waals surface area contributed by atoms with Crippen LogP contribution in [0.2, 0.25) is 0 Å². The van der Waals surface area contributed by atoms with Gasteiger partial charge in [0.05, 0.1) is 11.9 Å². The maximum atomic E-state index is 4.38. The number of allylic oxidation sites excluding steroid dienone is 2. The van der Waals surface area contributed by atoms with Crippen molar-refractivity contribution in [3.8, 4) is 0 Å². The molecule has 0 amide bonds. The Balaban J connectivity index is 1.91. The first-order chi connectivity index (χ1) is 8.83. The van der Waals surface area contributed by atoms with Crippen LogP contribution < -0.4 is 5.43 Å². The highest BCUT2D eigenvalue weighted by atomic mass is 15.3. The van der Waals surface area contributed by atoms with Gasteiger partial charge in [0.15, 0.2) is 5.82 Å². The van der Waals surface area contributed by atoms with Gasteiger partial charge in [0.1, 0.15) is 0 Å². The lowest BCUT2D eigenvalue weighted by Crippen LogP contribution is -1.99. The third-order valence-corrected chi connectivity index (χ3v) is 3.06. The molecule has 1 aromatic heterocycles. The number of hydrogen-bond acceptors (Lipinski definition) is 4. The molecule has 0 bridgehead atoms. The summed E-state index contributed by atoms with van der Waals surface area (Å²) >= 11 is 0. The van der Waals surface area contributed by atoms with E-state index in [9.17, 15) is 0 Å². The predicted octanol–water partition coefficient (Wildman–Crippen LogP) is 3.14. The quantitative estimate of drug-likeness (QED) is 0.818. The molecule has 1 aromatic carbocycles. The van der Waals surface area contributed by atoms with Crippen LogP contribution in [-0.4, -0.2) is 15.9 Å². The fourth-order valence-corrected chi connectivity index (χ4v) is 2.08. The Bertz CT molecular complexity index is 638. The fraction of sp³-hybridized carbons (Fsp3) is 0.214. The molecule has 0 saturated carbocycles. The highest BCUT2D eigenvalue weighted by Gasteiger charge is 2.07. The number of fused-ring (bicyclic) bond motifs is 1. The average molecular weight is 238 g/mol. The zero-order chi connectivity index (χ0) is 12.4.